The first kappa shape index (κ1) is 21.0. The Bertz CT molecular complexity index is 1080. The number of benzene rings is 1. The van der Waals surface area contributed by atoms with Gasteiger partial charge in [0.15, 0.2) is 17.2 Å². The lowest BCUT2D eigenvalue weighted by Crippen LogP contribution is -2.64. The number of carbonyl (C=O) groups excluding carboxylic acids is 4. The highest BCUT2D eigenvalue weighted by Gasteiger charge is 2.62. The number of anilines is 1. The molecule has 3 aliphatic rings. The zero-order chi connectivity index (χ0) is 22.8. The van der Waals surface area contributed by atoms with Gasteiger partial charge in [-0.1, -0.05) is 6.07 Å². The summed E-state index contributed by atoms with van der Waals surface area (Å²) in [4.78, 5) is 48.6. The number of aromatic hydroxyl groups is 1. The van der Waals surface area contributed by atoms with Gasteiger partial charge in [0.25, 0.3) is 5.91 Å². The molecule has 10 heteroatoms. The molecule has 2 amide bonds. The third-order valence-electron chi connectivity index (χ3n) is 6.69. The molecule has 0 aromatic heterocycles. The number of fused-ring (bicyclic) bond motifs is 3. The molecule has 0 aliphatic heterocycles. The molecule has 1 fully saturated rings. The summed E-state index contributed by atoms with van der Waals surface area (Å²) < 4.78 is 0. The number of rotatable bonds is 2. The molecule has 0 bridgehead atoms. The van der Waals surface area contributed by atoms with Crippen LogP contribution in [0.25, 0.3) is 0 Å². The van der Waals surface area contributed by atoms with Crippen LogP contribution in [0.3, 0.4) is 0 Å². The van der Waals surface area contributed by atoms with Crippen LogP contribution in [0.15, 0.2) is 23.5 Å². The second-order valence-electron chi connectivity index (χ2n) is 8.45. The Morgan fingerprint density at radius 1 is 1.19 bits per heavy atom. The molecular formula is C21H22N2O8. The van der Waals surface area contributed by atoms with Crippen LogP contribution in [0, 0.1) is 17.8 Å². The number of nitrogens with two attached hydrogens (primary N) is 1. The number of amides is 2. The van der Waals surface area contributed by atoms with Crippen LogP contribution < -0.4 is 11.1 Å². The van der Waals surface area contributed by atoms with Gasteiger partial charge in [-0.25, -0.2) is 0 Å². The largest absolute Gasteiger partial charge is 0.508 e. The average Bonchev–Trinajstić information content (AvgIpc) is 2.66. The first-order chi connectivity index (χ1) is 14.5. The topological polar surface area (TPSA) is 187 Å². The number of hydrogen-bond acceptors (Lipinski definition) is 8. The number of hydrogen-bond donors (Lipinski definition) is 6. The van der Waals surface area contributed by atoms with Crippen molar-refractivity contribution in [2.24, 2.45) is 23.5 Å². The van der Waals surface area contributed by atoms with Crippen molar-refractivity contribution < 1.29 is 39.6 Å². The standard InChI is InChI=1S/C21H22N2O8/c1-7(24)23-11-3-2-8-4-9-5-10-6-12(25)15(20(22)30)19(29)21(10,31)18(28)14(9)17(27)13(8)16(11)26/h2-3,9-10,14,18,26,28-29,31H,4-6H2,1H3,(H2,22,30)(H,23,24). The van der Waals surface area contributed by atoms with Crippen LogP contribution in [-0.2, 0) is 20.8 Å². The van der Waals surface area contributed by atoms with E-state index >= 15 is 0 Å². The molecule has 31 heavy (non-hydrogen) atoms. The van der Waals surface area contributed by atoms with Crippen LogP contribution in [0.5, 0.6) is 5.75 Å². The van der Waals surface area contributed by atoms with Gasteiger partial charge in [-0.15, -0.1) is 0 Å². The highest BCUT2D eigenvalue weighted by molar-refractivity contribution is 6.20. The van der Waals surface area contributed by atoms with Gasteiger partial charge in [0.2, 0.25) is 5.91 Å². The molecular weight excluding hydrogens is 408 g/mol. The van der Waals surface area contributed by atoms with Crippen molar-refractivity contribution in [3.63, 3.8) is 0 Å². The van der Waals surface area contributed by atoms with E-state index in [1.807, 2.05) is 0 Å². The van der Waals surface area contributed by atoms with Crippen molar-refractivity contribution >= 4 is 29.1 Å². The summed E-state index contributed by atoms with van der Waals surface area (Å²) in [6.07, 6.45) is -1.76. The molecule has 10 nitrogen and oxygen atoms in total. The van der Waals surface area contributed by atoms with Crippen LogP contribution in [0.2, 0.25) is 0 Å². The lowest BCUT2D eigenvalue weighted by Gasteiger charge is -2.52. The van der Waals surface area contributed by atoms with E-state index < -0.39 is 69.9 Å². The van der Waals surface area contributed by atoms with Gasteiger partial charge >= 0.3 is 0 Å². The Kier molecular flexibility index (Phi) is 4.67. The molecule has 7 N–H and O–H groups in total. The van der Waals surface area contributed by atoms with Crippen molar-refractivity contribution in [3.8, 4) is 5.75 Å². The van der Waals surface area contributed by atoms with E-state index in [2.05, 4.69) is 5.32 Å². The number of primary amides is 1. The zero-order valence-corrected chi connectivity index (χ0v) is 16.6. The maximum atomic E-state index is 13.3. The highest BCUT2D eigenvalue weighted by atomic mass is 16.4. The minimum Gasteiger partial charge on any atom is -0.508 e. The van der Waals surface area contributed by atoms with Gasteiger partial charge < -0.3 is 31.5 Å². The third-order valence-corrected chi connectivity index (χ3v) is 6.69. The number of aliphatic hydroxyl groups is 3. The minimum atomic E-state index is -2.41. The Balaban J connectivity index is 1.81. The molecule has 1 aromatic carbocycles. The number of carbonyl (C=O) groups is 4. The summed E-state index contributed by atoms with van der Waals surface area (Å²) in [5, 5.41) is 45.8. The first-order valence-electron chi connectivity index (χ1n) is 9.82. The Hall–Kier alpha value is -3.24. The Labute approximate surface area is 176 Å². The number of ketones is 2. The fourth-order valence-corrected chi connectivity index (χ4v) is 5.33. The van der Waals surface area contributed by atoms with E-state index in [1.54, 1.807) is 6.07 Å². The van der Waals surface area contributed by atoms with Crippen molar-refractivity contribution in [3.05, 3.63) is 34.6 Å². The number of Topliss-reactive ketones (excluding diaryl/α,β-unsaturated/α-hetero) is 2. The van der Waals surface area contributed by atoms with Crippen molar-refractivity contribution in [1.29, 1.82) is 0 Å². The fraction of sp³-hybridized carbons (Fsp3) is 0.429. The Morgan fingerprint density at radius 3 is 2.48 bits per heavy atom. The van der Waals surface area contributed by atoms with E-state index in [-0.39, 0.29) is 30.5 Å². The van der Waals surface area contributed by atoms with Crippen molar-refractivity contribution in [2.45, 2.75) is 37.9 Å². The third kappa shape index (κ3) is 2.86. The normalized spacial score (nSPS) is 32.1. The molecule has 164 valence electrons. The van der Waals surface area contributed by atoms with Gasteiger partial charge in [-0.2, -0.15) is 0 Å². The number of aliphatic hydroxyl groups excluding tert-OH is 2. The zero-order valence-electron chi connectivity index (χ0n) is 16.6. The Morgan fingerprint density at radius 2 is 1.87 bits per heavy atom. The smallest absolute Gasteiger partial charge is 0.255 e. The van der Waals surface area contributed by atoms with Gasteiger partial charge in [0, 0.05) is 19.3 Å². The summed E-state index contributed by atoms with van der Waals surface area (Å²) in [5.74, 6) is -7.16. The SMILES string of the molecule is CC(=O)Nc1ccc2c(c1O)C(=O)C1C(C2)CC2CC(=O)C(C(N)=O)=C(O)C2(O)C1O. The average molecular weight is 430 g/mol. The number of nitrogens with one attached hydrogen (secondary N) is 1. The summed E-state index contributed by atoms with van der Waals surface area (Å²) in [6, 6.07) is 3.06. The quantitative estimate of drug-likeness (QED) is 0.272. The second-order valence-corrected chi connectivity index (χ2v) is 8.45. The maximum absolute atomic E-state index is 13.3. The molecule has 5 atom stereocenters. The van der Waals surface area contributed by atoms with E-state index in [4.69, 9.17) is 5.73 Å². The molecule has 0 saturated heterocycles. The number of phenols is 1. The lowest BCUT2D eigenvalue weighted by atomic mass is 9.55. The van der Waals surface area contributed by atoms with Crippen LogP contribution in [0.4, 0.5) is 5.69 Å². The fourth-order valence-electron chi connectivity index (χ4n) is 5.33. The number of phenolic OH excluding ortho intramolecular Hbond substituents is 1. The minimum absolute atomic E-state index is 0.0296. The molecule has 1 aromatic rings. The molecule has 0 heterocycles. The summed E-state index contributed by atoms with van der Waals surface area (Å²) in [5.41, 5.74) is 2.44. The van der Waals surface area contributed by atoms with Gasteiger partial charge in [0.1, 0.15) is 23.2 Å². The molecule has 0 radical (unpaired) electrons. The van der Waals surface area contributed by atoms with Gasteiger partial charge in [0.05, 0.1) is 17.2 Å². The predicted molar refractivity (Wildman–Crippen MR) is 105 cm³/mol. The summed E-state index contributed by atoms with van der Waals surface area (Å²) in [7, 11) is 0. The highest BCUT2D eigenvalue weighted by Crippen LogP contribution is 2.53. The maximum Gasteiger partial charge on any atom is 0.255 e. The monoisotopic (exact) mass is 430 g/mol. The molecule has 4 rings (SSSR count). The predicted octanol–water partition coefficient (Wildman–Crippen LogP) is -0.296. The van der Waals surface area contributed by atoms with Crippen LogP contribution in [-0.4, -0.2) is 55.5 Å². The van der Waals surface area contributed by atoms with Crippen molar-refractivity contribution in [2.75, 3.05) is 5.32 Å². The molecule has 0 spiro atoms. The van der Waals surface area contributed by atoms with Crippen molar-refractivity contribution in [1.82, 2.24) is 0 Å². The molecule has 5 unspecified atom stereocenters. The van der Waals surface area contributed by atoms with Crippen LogP contribution >= 0.6 is 0 Å². The van der Waals surface area contributed by atoms with Gasteiger partial charge in [-0.3, -0.25) is 19.2 Å². The first-order valence-corrected chi connectivity index (χ1v) is 9.82. The van der Waals surface area contributed by atoms with E-state index in [0.29, 0.717) is 5.56 Å². The lowest BCUT2D eigenvalue weighted by molar-refractivity contribution is -0.170. The summed E-state index contributed by atoms with van der Waals surface area (Å²) in [6.45, 7) is 1.24. The van der Waals surface area contributed by atoms with E-state index in [0.717, 1.165) is 0 Å². The second kappa shape index (κ2) is 6.89. The molecule has 3 aliphatic carbocycles. The van der Waals surface area contributed by atoms with E-state index in [9.17, 15) is 39.6 Å². The van der Waals surface area contributed by atoms with Crippen LogP contribution in [0.1, 0.15) is 35.7 Å². The molecule has 1 saturated carbocycles. The van der Waals surface area contributed by atoms with E-state index in [1.165, 1.54) is 13.0 Å². The van der Waals surface area contributed by atoms with Gasteiger partial charge in [-0.05, 0) is 30.4 Å². The summed E-state index contributed by atoms with van der Waals surface area (Å²) >= 11 is 0.